The molecule has 0 aromatic heterocycles. The zero-order valence-corrected chi connectivity index (χ0v) is 15.5. The van der Waals surface area contributed by atoms with Crippen molar-refractivity contribution in [2.45, 2.75) is 24.7 Å². The number of benzene rings is 2. The molecule has 0 unspecified atom stereocenters. The van der Waals surface area contributed by atoms with Crippen LogP contribution in [0.25, 0.3) is 0 Å². The van der Waals surface area contributed by atoms with Crippen LogP contribution in [0.4, 0.5) is 0 Å². The lowest BCUT2D eigenvalue weighted by Gasteiger charge is -2.08. The van der Waals surface area contributed by atoms with E-state index in [9.17, 15) is 13.2 Å². The number of nitrogens with one attached hydrogen (secondary N) is 2. The normalized spacial score (nSPS) is 11.3. The predicted octanol–water partition coefficient (Wildman–Crippen LogP) is 2.54. The maximum atomic E-state index is 12.3. The molecule has 0 aliphatic heterocycles. The Balaban J connectivity index is 1.88. The van der Waals surface area contributed by atoms with Crippen LogP contribution in [-0.2, 0) is 27.7 Å². The fraction of sp³-hybridized carbons (Fsp3) is 0.278. The molecular weight excluding hydrogens is 360 g/mol. The third-order valence-corrected chi connectivity index (χ3v) is 5.37. The van der Waals surface area contributed by atoms with Crippen LogP contribution in [0.5, 0.6) is 0 Å². The van der Waals surface area contributed by atoms with Crippen molar-refractivity contribution in [3.05, 3.63) is 64.7 Å². The van der Waals surface area contributed by atoms with Gasteiger partial charge in [0.15, 0.2) is 0 Å². The molecule has 5 nitrogen and oxygen atoms in total. The number of carbonyl (C=O) groups is 1. The summed E-state index contributed by atoms with van der Waals surface area (Å²) in [6, 6.07) is 14.0. The van der Waals surface area contributed by atoms with Crippen molar-refractivity contribution in [2.75, 3.05) is 13.1 Å². The minimum atomic E-state index is -3.54. The van der Waals surface area contributed by atoms with Gasteiger partial charge in [0.1, 0.15) is 0 Å². The molecule has 25 heavy (non-hydrogen) atoms. The summed E-state index contributed by atoms with van der Waals surface area (Å²) < 4.78 is 27.2. The minimum absolute atomic E-state index is 0.0796. The average Bonchev–Trinajstić information content (AvgIpc) is 2.57. The van der Waals surface area contributed by atoms with Crippen molar-refractivity contribution in [1.82, 2.24) is 10.0 Å². The highest BCUT2D eigenvalue weighted by Gasteiger charge is 2.13. The van der Waals surface area contributed by atoms with Gasteiger partial charge in [0.05, 0.1) is 4.90 Å². The van der Waals surface area contributed by atoms with E-state index in [0.717, 1.165) is 11.1 Å². The Morgan fingerprint density at radius 1 is 0.920 bits per heavy atom. The van der Waals surface area contributed by atoms with Gasteiger partial charge >= 0.3 is 0 Å². The smallest absolute Gasteiger partial charge is 0.240 e. The van der Waals surface area contributed by atoms with Gasteiger partial charge in [-0.1, -0.05) is 35.9 Å². The van der Waals surface area contributed by atoms with Crippen LogP contribution in [0.2, 0.25) is 5.02 Å². The highest BCUT2D eigenvalue weighted by molar-refractivity contribution is 7.89. The summed E-state index contributed by atoms with van der Waals surface area (Å²) in [5.74, 6) is -0.0796. The Kier molecular flexibility index (Phi) is 6.99. The summed E-state index contributed by atoms with van der Waals surface area (Å²) in [7, 11) is -3.54. The number of hydrogen-bond donors (Lipinski definition) is 2. The molecule has 2 aromatic rings. The van der Waals surface area contributed by atoms with Crippen LogP contribution >= 0.6 is 11.6 Å². The largest absolute Gasteiger partial charge is 0.356 e. The summed E-state index contributed by atoms with van der Waals surface area (Å²) in [4.78, 5) is 11.1. The first kappa shape index (κ1) is 19.4. The van der Waals surface area contributed by atoms with Crippen LogP contribution in [0.1, 0.15) is 18.1 Å². The quantitative estimate of drug-likeness (QED) is 0.739. The van der Waals surface area contributed by atoms with Gasteiger partial charge in [-0.15, -0.1) is 0 Å². The lowest BCUT2D eigenvalue weighted by Crippen LogP contribution is -2.26. The molecule has 0 saturated heterocycles. The predicted molar refractivity (Wildman–Crippen MR) is 99.2 cm³/mol. The average molecular weight is 381 g/mol. The first-order chi connectivity index (χ1) is 11.9. The Morgan fingerprint density at radius 2 is 1.44 bits per heavy atom. The second-order valence-electron chi connectivity index (χ2n) is 5.65. The van der Waals surface area contributed by atoms with Crippen LogP contribution in [-0.4, -0.2) is 27.4 Å². The van der Waals surface area contributed by atoms with E-state index >= 15 is 0 Å². The van der Waals surface area contributed by atoms with E-state index in [2.05, 4.69) is 10.0 Å². The van der Waals surface area contributed by atoms with E-state index in [4.69, 9.17) is 11.6 Å². The zero-order valence-electron chi connectivity index (χ0n) is 14.0. The van der Waals surface area contributed by atoms with Crippen LogP contribution < -0.4 is 10.0 Å². The molecule has 0 heterocycles. The van der Waals surface area contributed by atoms with Gasteiger partial charge in [0, 0.05) is 25.0 Å². The van der Waals surface area contributed by atoms with E-state index in [1.54, 1.807) is 36.4 Å². The third kappa shape index (κ3) is 6.49. The van der Waals surface area contributed by atoms with Crippen molar-refractivity contribution >= 4 is 27.5 Å². The second kappa shape index (κ2) is 8.99. The first-order valence-corrected chi connectivity index (χ1v) is 9.80. The Bertz CT molecular complexity index is 803. The van der Waals surface area contributed by atoms with E-state index in [1.807, 2.05) is 12.1 Å². The molecule has 0 saturated carbocycles. The van der Waals surface area contributed by atoms with Gasteiger partial charge in [-0.25, -0.2) is 13.1 Å². The summed E-state index contributed by atoms with van der Waals surface area (Å²) in [5.41, 5.74) is 1.98. The molecule has 2 aromatic carbocycles. The van der Waals surface area contributed by atoms with Gasteiger partial charge < -0.3 is 5.32 Å². The third-order valence-electron chi connectivity index (χ3n) is 3.64. The maximum Gasteiger partial charge on any atom is 0.240 e. The van der Waals surface area contributed by atoms with E-state index in [1.165, 1.54) is 6.92 Å². The standard InChI is InChI=1S/C18H21ClN2O3S/c1-14(22)20-12-10-16-4-8-18(9-5-16)25(23,24)21-13-11-15-2-6-17(19)7-3-15/h2-9,21H,10-13H2,1H3,(H,20,22). The molecule has 1 amide bonds. The molecule has 0 bridgehead atoms. The molecule has 134 valence electrons. The lowest BCUT2D eigenvalue weighted by atomic mass is 10.1. The number of halogens is 1. The number of sulfonamides is 1. The van der Waals surface area contributed by atoms with Crippen LogP contribution in [0.3, 0.4) is 0 Å². The summed E-state index contributed by atoms with van der Waals surface area (Å²) in [5, 5.41) is 3.36. The van der Waals surface area contributed by atoms with Crippen molar-refractivity contribution in [3.63, 3.8) is 0 Å². The monoisotopic (exact) mass is 380 g/mol. The second-order valence-corrected chi connectivity index (χ2v) is 7.85. The van der Waals surface area contributed by atoms with Gasteiger partial charge in [-0.3, -0.25) is 4.79 Å². The van der Waals surface area contributed by atoms with Crippen LogP contribution in [0.15, 0.2) is 53.4 Å². The SMILES string of the molecule is CC(=O)NCCc1ccc(S(=O)(=O)NCCc2ccc(Cl)cc2)cc1. The van der Waals surface area contributed by atoms with E-state index in [0.29, 0.717) is 31.0 Å². The minimum Gasteiger partial charge on any atom is -0.356 e. The molecule has 0 fully saturated rings. The van der Waals surface area contributed by atoms with E-state index < -0.39 is 10.0 Å². The van der Waals surface area contributed by atoms with Gasteiger partial charge in [0.25, 0.3) is 0 Å². The van der Waals surface area contributed by atoms with Gasteiger partial charge in [-0.2, -0.15) is 0 Å². The van der Waals surface area contributed by atoms with Crippen molar-refractivity contribution < 1.29 is 13.2 Å². The fourth-order valence-electron chi connectivity index (χ4n) is 2.28. The molecule has 0 radical (unpaired) electrons. The van der Waals surface area contributed by atoms with E-state index in [-0.39, 0.29) is 10.8 Å². The molecule has 2 rings (SSSR count). The highest BCUT2D eigenvalue weighted by Crippen LogP contribution is 2.12. The lowest BCUT2D eigenvalue weighted by molar-refractivity contribution is -0.118. The van der Waals surface area contributed by atoms with Crippen molar-refractivity contribution in [2.24, 2.45) is 0 Å². The molecule has 0 aliphatic rings. The van der Waals surface area contributed by atoms with Crippen molar-refractivity contribution in [1.29, 1.82) is 0 Å². The van der Waals surface area contributed by atoms with Crippen molar-refractivity contribution in [3.8, 4) is 0 Å². The topological polar surface area (TPSA) is 75.3 Å². The van der Waals surface area contributed by atoms with Gasteiger partial charge in [0.2, 0.25) is 15.9 Å². The highest BCUT2D eigenvalue weighted by atomic mass is 35.5. The van der Waals surface area contributed by atoms with Gasteiger partial charge in [-0.05, 0) is 48.2 Å². The zero-order chi connectivity index (χ0) is 18.3. The number of carbonyl (C=O) groups excluding carboxylic acids is 1. The molecule has 0 aliphatic carbocycles. The molecule has 7 heteroatoms. The molecule has 0 spiro atoms. The molecule has 2 N–H and O–H groups in total. The Hall–Kier alpha value is -1.89. The Labute approximate surface area is 153 Å². The summed E-state index contributed by atoms with van der Waals surface area (Å²) in [6.45, 7) is 2.31. The maximum absolute atomic E-state index is 12.3. The van der Waals surface area contributed by atoms with Crippen LogP contribution in [0, 0.1) is 0 Å². The first-order valence-electron chi connectivity index (χ1n) is 7.94. The Morgan fingerprint density at radius 3 is 2.00 bits per heavy atom. The number of rotatable bonds is 8. The summed E-state index contributed by atoms with van der Waals surface area (Å²) in [6.07, 6.45) is 1.25. The fourth-order valence-corrected chi connectivity index (χ4v) is 3.44. The summed E-state index contributed by atoms with van der Waals surface area (Å²) >= 11 is 5.83. The molecular formula is C18H21ClN2O3S. The number of amides is 1. The molecule has 0 atom stereocenters. The number of hydrogen-bond acceptors (Lipinski definition) is 3.